The van der Waals surface area contributed by atoms with E-state index in [0.717, 1.165) is 30.3 Å². The Morgan fingerprint density at radius 3 is 2.24 bits per heavy atom. The molecule has 0 fully saturated rings. The van der Waals surface area contributed by atoms with Crippen LogP contribution in [0.4, 0.5) is 26.3 Å². The summed E-state index contributed by atoms with van der Waals surface area (Å²) in [5, 5.41) is -0.316. The van der Waals surface area contributed by atoms with Gasteiger partial charge < -0.3 is 9.47 Å². The molecule has 0 atom stereocenters. The molecule has 3 aromatic rings. The van der Waals surface area contributed by atoms with Crippen molar-refractivity contribution in [1.29, 1.82) is 0 Å². The minimum Gasteiger partial charge on any atom is -0.489 e. The van der Waals surface area contributed by atoms with E-state index < -0.39 is 41.2 Å². The van der Waals surface area contributed by atoms with Gasteiger partial charge in [-0.3, -0.25) is 0 Å². The first-order valence-electron chi connectivity index (χ1n) is 8.41. The van der Waals surface area contributed by atoms with Crippen molar-refractivity contribution in [2.45, 2.75) is 13.5 Å². The Morgan fingerprint density at radius 2 is 1.62 bits per heavy atom. The highest BCUT2D eigenvalue weighted by Gasteiger charge is 2.20. The molecule has 8 heteroatoms. The number of hydrogen-bond acceptors (Lipinski definition) is 2. The molecule has 0 spiro atoms. The number of alkyl halides is 2. The van der Waals surface area contributed by atoms with Crippen LogP contribution in [-0.4, -0.2) is 13.2 Å². The third-order valence-corrected chi connectivity index (χ3v) is 4.08. The highest BCUT2D eigenvalue weighted by atomic mass is 19.3. The van der Waals surface area contributed by atoms with Crippen molar-refractivity contribution in [3.63, 3.8) is 0 Å². The van der Waals surface area contributed by atoms with Crippen molar-refractivity contribution >= 4 is 10.8 Å². The van der Waals surface area contributed by atoms with Gasteiger partial charge in [-0.05, 0) is 30.0 Å². The van der Waals surface area contributed by atoms with E-state index in [1.807, 2.05) is 0 Å². The molecule has 3 aromatic carbocycles. The van der Waals surface area contributed by atoms with Crippen LogP contribution in [0.25, 0.3) is 21.9 Å². The van der Waals surface area contributed by atoms with E-state index in [0.29, 0.717) is 0 Å². The zero-order chi connectivity index (χ0) is 21.1. The van der Waals surface area contributed by atoms with Crippen LogP contribution >= 0.6 is 0 Å². The Labute approximate surface area is 162 Å². The molecule has 29 heavy (non-hydrogen) atoms. The second-order valence-corrected chi connectivity index (χ2v) is 5.96. The molecule has 152 valence electrons. The van der Waals surface area contributed by atoms with Crippen LogP contribution in [-0.2, 0) is 0 Å². The number of rotatable bonds is 6. The summed E-state index contributed by atoms with van der Waals surface area (Å²) in [6.45, 7) is -1.51. The van der Waals surface area contributed by atoms with Crippen LogP contribution in [0.3, 0.4) is 0 Å². The maximum absolute atomic E-state index is 14.5. The summed E-state index contributed by atoms with van der Waals surface area (Å²) in [6, 6.07) is 6.18. The number of fused-ring (bicyclic) bond motifs is 1. The maximum atomic E-state index is 14.5. The van der Waals surface area contributed by atoms with Crippen LogP contribution in [0.5, 0.6) is 11.5 Å². The van der Waals surface area contributed by atoms with Gasteiger partial charge in [-0.25, -0.2) is 17.6 Å². The quantitative estimate of drug-likeness (QED) is 0.335. The minimum atomic E-state index is -3.41. The lowest BCUT2D eigenvalue weighted by Gasteiger charge is -2.12. The minimum absolute atomic E-state index is 0.00818. The zero-order valence-electron chi connectivity index (χ0n) is 15.0. The molecule has 0 saturated heterocycles. The van der Waals surface area contributed by atoms with Crippen molar-refractivity contribution in [3.8, 4) is 22.6 Å². The van der Waals surface area contributed by atoms with E-state index in [-0.39, 0.29) is 28.7 Å². The highest BCUT2D eigenvalue weighted by molar-refractivity contribution is 5.89. The van der Waals surface area contributed by atoms with Gasteiger partial charge in [0.1, 0.15) is 24.0 Å². The van der Waals surface area contributed by atoms with Gasteiger partial charge in [0.2, 0.25) is 0 Å². The van der Waals surface area contributed by atoms with E-state index in [1.165, 1.54) is 6.07 Å². The Bertz CT molecular complexity index is 1060. The highest BCUT2D eigenvalue weighted by Crippen LogP contribution is 2.35. The molecule has 0 aromatic heterocycles. The van der Waals surface area contributed by atoms with Gasteiger partial charge in [0.15, 0.2) is 17.4 Å². The molecule has 3 rings (SSSR count). The van der Waals surface area contributed by atoms with Crippen molar-refractivity contribution in [2.24, 2.45) is 0 Å². The smallest absolute Gasteiger partial charge is 0.387 e. The molecule has 0 bridgehead atoms. The number of halogens is 6. The van der Waals surface area contributed by atoms with Gasteiger partial charge in [0, 0.05) is 17.5 Å². The summed E-state index contributed by atoms with van der Waals surface area (Å²) in [5.41, 5.74) is -0.409. The van der Waals surface area contributed by atoms with E-state index >= 15 is 0 Å². The molecule has 0 radical (unpaired) electrons. The average molecular weight is 412 g/mol. The molecule has 0 amide bonds. The summed E-state index contributed by atoms with van der Waals surface area (Å²) >= 11 is 0. The Balaban J connectivity index is 2.05. The Morgan fingerprint density at radius 1 is 0.931 bits per heavy atom. The fourth-order valence-corrected chi connectivity index (χ4v) is 2.81. The molecule has 0 aliphatic heterocycles. The van der Waals surface area contributed by atoms with Gasteiger partial charge in [-0.2, -0.15) is 8.78 Å². The fraction of sp³-hybridized carbons (Fsp3) is 0.143. The van der Waals surface area contributed by atoms with E-state index in [9.17, 15) is 26.3 Å². The zero-order valence-corrected chi connectivity index (χ0v) is 15.0. The third-order valence-electron chi connectivity index (χ3n) is 4.08. The number of allylic oxidation sites excluding steroid dienone is 1. The first-order chi connectivity index (χ1) is 13.8. The molecule has 0 N–H and O–H groups in total. The van der Waals surface area contributed by atoms with E-state index in [1.54, 1.807) is 19.1 Å². The predicted molar refractivity (Wildman–Crippen MR) is 96.2 cm³/mol. The van der Waals surface area contributed by atoms with Gasteiger partial charge in [0.05, 0.1) is 5.56 Å². The SMILES string of the molecule is CC=CCOc1cc(F)c(-c2ccc3c(F)c(OC(F)F)c(F)cc3c2)c(F)c1. The van der Waals surface area contributed by atoms with Crippen LogP contribution < -0.4 is 9.47 Å². The summed E-state index contributed by atoms with van der Waals surface area (Å²) in [7, 11) is 0. The number of benzene rings is 3. The second-order valence-electron chi connectivity index (χ2n) is 5.96. The van der Waals surface area contributed by atoms with Crippen LogP contribution in [0.1, 0.15) is 6.92 Å². The monoisotopic (exact) mass is 412 g/mol. The average Bonchev–Trinajstić information content (AvgIpc) is 2.64. The Hall–Kier alpha value is -3.16. The molecular weight excluding hydrogens is 398 g/mol. The molecule has 0 unspecified atom stereocenters. The molecule has 0 saturated carbocycles. The third kappa shape index (κ3) is 4.31. The van der Waals surface area contributed by atoms with Crippen LogP contribution in [0.15, 0.2) is 48.6 Å². The van der Waals surface area contributed by atoms with E-state index in [2.05, 4.69) is 4.74 Å². The van der Waals surface area contributed by atoms with E-state index in [4.69, 9.17) is 4.74 Å². The van der Waals surface area contributed by atoms with Crippen molar-refractivity contribution < 1.29 is 35.8 Å². The molecular formula is C21H14F6O2. The van der Waals surface area contributed by atoms with Gasteiger partial charge in [-0.15, -0.1) is 0 Å². The van der Waals surface area contributed by atoms with Crippen LogP contribution in [0.2, 0.25) is 0 Å². The number of hydrogen-bond donors (Lipinski definition) is 0. The maximum Gasteiger partial charge on any atom is 0.387 e. The largest absolute Gasteiger partial charge is 0.489 e. The summed E-state index contributed by atoms with van der Waals surface area (Å²) in [5.74, 6) is -5.80. The van der Waals surface area contributed by atoms with Crippen LogP contribution in [0, 0.1) is 23.3 Å². The Kier molecular flexibility index (Phi) is 6.00. The number of ether oxygens (including phenoxy) is 2. The van der Waals surface area contributed by atoms with Crippen molar-refractivity contribution in [1.82, 2.24) is 0 Å². The summed E-state index contributed by atoms with van der Waals surface area (Å²) in [4.78, 5) is 0. The lowest BCUT2D eigenvalue weighted by atomic mass is 9.99. The van der Waals surface area contributed by atoms with Gasteiger partial charge >= 0.3 is 6.61 Å². The normalized spacial score (nSPS) is 11.6. The lowest BCUT2D eigenvalue weighted by molar-refractivity contribution is -0.0544. The first kappa shape index (κ1) is 20.6. The first-order valence-corrected chi connectivity index (χ1v) is 8.41. The standard InChI is InChI=1S/C21H14F6O2/c1-2-3-6-28-13-9-15(22)18(16(23)10-13)11-4-5-14-12(7-11)8-17(24)20(19(14)25)29-21(26)27/h2-5,7-10,21H,6H2,1H3. The fourth-order valence-electron chi connectivity index (χ4n) is 2.81. The van der Waals surface area contributed by atoms with Gasteiger partial charge in [-0.1, -0.05) is 24.3 Å². The summed E-state index contributed by atoms with van der Waals surface area (Å²) in [6.07, 6.45) is 3.37. The molecule has 2 nitrogen and oxygen atoms in total. The predicted octanol–water partition coefficient (Wildman–Crippen LogP) is 6.62. The second kappa shape index (κ2) is 8.46. The lowest BCUT2D eigenvalue weighted by Crippen LogP contribution is -2.06. The van der Waals surface area contributed by atoms with Crippen molar-refractivity contribution in [2.75, 3.05) is 6.61 Å². The van der Waals surface area contributed by atoms with Crippen molar-refractivity contribution in [3.05, 3.63) is 71.8 Å². The molecule has 0 heterocycles. The molecule has 0 aliphatic rings. The summed E-state index contributed by atoms with van der Waals surface area (Å²) < 4.78 is 91.0. The van der Waals surface area contributed by atoms with Gasteiger partial charge in [0.25, 0.3) is 0 Å². The molecule has 0 aliphatic carbocycles. The topological polar surface area (TPSA) is 18.5 Å².